The Morgan fingerprint density at radius 1 is 1.08 bits per heavy atom. The number of anilines is 1. The van der Waals surface area contributed by atoms with Crippen molar-refractivity contribution in [2.75, 3.05) is 5.32 Å². The minimum atomic E-state index is -0.496. The number of benzene rings is 2. The zero-order valence-corrected chi connectivity index (χ0v) is 15.7. The third kappa shape index (κ3) is 6.24. The fourth-order valence-corrected chi connectivity index (χ4v) is 2.44. The first-order valence-corrected chi connectivity index (χ1v) is 8.64. The first kappa shape index (κ1) is 19.5. The highest BCUT2D eigenvalue weighted by Crippen LogP contribution is 2.17. The average molecular weight is 466 g/mol. The van der Waals surface area contributed by atoms with Crippen molar-refractivity contribution < 1.29 is 14.5 Å². The van der Waals surface area contributed by atoms with Crippen LogP contribution in [0.1, 0.15) is 18.4 Å². The molecule has 2 N–H and O–H groups in total. The number of amides is 2. The minimum absolute atomic E-state index is 0.00710. The molecule has 0 saturated heterocycles. The summed E-state index contributed by atoms with van der Waals surface area (Å²) < 4.78 is 0.913. The molecule has 0 unspecified atom stereocenters. The lowest BCUT2D eigenvalue weighted by Crippen LogP contribution is -2.20. The van der Waals surface area contributed by atoms with Crippen LogP contribution in [0.25, 0.3) is 0 Å². The number of nitrogens with zero attached hydrogens (tertiary/aromatic N) is 2. The Kier molecular flexibility index (Phi) is 7.21. The second-order valence-electron chi connectivity index (χ2n) is 5.17. The van der Waals surface area contributed by atoms with E-state index in [1.807, 2.05) is 18.2 Å². The van der Waals surface area contributed by atoms with E-state index in [1.54, 1.807) is 6.07 Å². The molecular weight excluding hydrogens is 451 g/mol. The molecule has 2 rings (SSSR count). The number of nitro groups is 1. The Balaban J connectivity index is 1.75. The van der Waals surface area contributed by atoms with Crippen LogP contribution in [0.2, 0.25) is 0 Å². The molecule has 0 atom stereocenters. The molecule has 8 nitrogen and oxygen atoms in total. The maximum Gasteiger partial charge on any atom is 0.269 e. The van der Waals surface area contributed by atoms with E-state index in [-0.39, 0.29) is 24.4 Å². The van der Waals surface area contributed by atoms with Crippen LogP contribution in [-0.2, 0) is 9.59 Å². The Bertz CT molecular complexity index is 837. The van der Waals surface area contributed by atoms with Gasteiger partial charge in [0.2, 0.25) is 11.8 Å². The Hall–Kier alpha value is -2.82. The summed E-state index contributed by atoms with van der Waals surface area (Å²) in [7, 11) is 0. The van der Waals surface area contributed by atoms with Gasteiger partial charge in [0.15, 0.2) is 0 Å². The van der Waals surface area contributed by atoms with Crippen molar-refractivity contribution in [2.45, 2.75) is 12.8 Å². The Labute approximate surface area is 163 Å². The summed E-state index contributed by atoms with van der Waals surface area (Å²) in [6, 6.07) is 13.1. The Morgan fingerprint density at radius 2 is 1.73 bits per heavy atom. The van der Waals surface area contributed by atoms with Crippen LogP contribution >= 0.6 is 22.6 Å². The van der Waals surface area contributed by atoms with Gasteiger partial charge in [0.25, 0.3) is 5.69 Å². The van der Waals surface area contributed by atoms with Gasteiger partial charge in [-0.15, -0.1) is 0 Å². The lowest BCUT2D eigenvalue weighted by atomic mass is 10.2. The van der Waals surface area contributed by atoms with Crippen molar-refractivity contribution >= 4 is 52.0 Å². The molecule has 2 aromatic carbocycles. The van der Waals surface area contributed by atoms with Crippen molar-refractivity contribution in [2.24, 2.45) is 5.10 Å². The lowest BCUT2D eigenvalue weighted by molar-refractivity contribution is -0.384. The quantitative estimate of drug-likeness (QED) is 0.283. The Morgan fingerprint density at radius 3 is 2.38 bits per heavy atom. The molecule has 0 saturated carbocycles. The number of hydrogen-bond acceptors (Lipinski definition) is 5. The molecule has 0 bridgehead atoms. The summed E-state index contributed by atoms with van der Waals surface area (Å²) in [5, 5.41) is 17.1. The highest BCUT2D eigenvalue weighted by Gasteiger charge is 2.08. The third-order valence-electron chi connectivity index (χ3n) is 3.23. The van der Waals surface area contributed by atoms with Crippen molar-refractivity contribution in [3.8, 4) is 0 Å². The van der Waals surface area contributed by atoms with Gasteiger partial charge in [-0.25, -0.2) is 5.43 Å². The molecule has 9 heteroatoms. The monoisotopic (exact) mass is 466 g/mol. The molecule has 2 aromatic rings. The molecule has 0 aliphatic carbocycles. The van der Waals surface area contributed by atoms with Crippen LogP contribution in [0.15, 0.2) is 53.6 Å². The van der Waals surface area contributed by atoms with Crippen LogP contribution in [0.4, 0.5) is 11.4 Å². The second-order valence-corrected chi connectivity index (χ2v) is 6.33. The molecule has 26 heavy (non-hydrogen) atoms. The van der Waals surface area contributed by atoms with E-state index in [2.05, 4.69) is 38.4 Å². The highest BCUT2D eigenvalue weighted by atomic mass is 127. The van der Waals surface area contributed by atoms with Crippen LogP contribution in [-0.4, -0.2) is 23.0 Å². The van der Waals surface area contributed by atoms with E-state index in [4.69, 9.17) is 0 Å². The van der Waals surface area contributed by atoms with Gasteiger partial charge < -0.3 is 5.32 Å². The van der Waals surface area contributed by atoms with Gasteiger partial charge >= 0.3 is 0 Å². The largest absolute Gasteiger partial charge is 0.325 e. The van der Waals surface area contributed by atoms with Crippen molar-refractivity contribution in [1.82, 2.24) is 5.43 Å². The van der Waals surface area contributed by atoms with E-state index >= 15 is 0 Å². The first-order valence-electron chi connectivity index (χ1n) is 7.56. The van der Waals surface area contributed by atoms with E-state index in [0.29, 0.717) is 11.3 Å². The number of carbonyl (C=O) groups is 2. The van der Waals surface area contributed by atoms with Crippen LogP contribution in [0, 0.1) is 13.7 Å². The number of hydrogen-bond donors (Lipinski definition) is 2. The molecule has 0 fully saturated rings. The van der Waals surface area contributed by atoms with Gasteiger partial charge in [0.05, 0.1) is 16.8 Å². The maximum absolute atomic E-state index is 11.9. The van der Waals surface area contributed by atoms with E-state index < -0.39 is 10.8 Å². The first-order chi connectivity index (χ1) is 12.5. The third-order valence-corrected chi connectivity index (χ3v) is 4.17. The number of non-ortho nitro benzene ring substituents is 1. The predicted octanol–water partition coefficient (Wildman–Crippen LogP) is 3.07. The molecule has 2 amide bonds. The summed E-state index contributed by atoms with van der Waals surface area (Å²) in [6.45, 7) is 0. The molecular formula is C17H15IN4O4. The zero-order chi connectivity index (χ0) is 18.9. The number of carbonyl (C=O) groups excluding carboxylic acids is 2. The SMILES string of the molecule is O=C(CCC(=O)Nc1ccccc1I)N/N=C\c1ccc([N+](=O)[O-])cc1. The molecule has 0 radical (unpaired) electrons. The van der Waals surface area contributed by atoms with E-state index in [1.165, 1.54) is 30.5 Å². The topological polar surface area (TPSA) is 114 Å². The standard InChI is InChI=1S/C17H15IN4O4/c18-14-3-1-2-4-15(14)20-16(23)9-10-17(24)21-19-11-12-5-7-13(8-6-12)22(25)26/h1-8,11H,9-10H2,(H,20,23)(H,21,24)/b19-11-. The smallest absolute Gasteiger partial charge is 0.269 e. The van der Waals surface area contributed by atoms with Gasteiger partial charge in [-0.05, 0) is 52.4 Å². The van der Waals surface area contributed by atoms with E-state index in [0.717, 1.165) is 3.57 Å². The molecule has 0 aliphatic rings. The molecule has 0 aliphatic heterocycles. The number of halogens is 1. The summed E-state index contributed by atoms with van der Waals surface area (Å²) in [6.07, 6.45) is 1.39. The van der Waals surface area contributed by atoms with E-state index in [9.17, 15) is 19.7 Å². The summed E-state index contributed by atoms with van der Waals surface area (Å²) in [5.41, 5.74) is 3.60. The van der Waals surface area contributed by atoms with Crippen LogP contribution in [0.3, 0.4) is 0 Å². The highest BCUT2D eigenvalue weighted by molar-refractivity contribution is 14.1. The second kappa shape index (κ2) is 9.61. The molecule has 0 aromatic heterocycles. The maximum atomic E-state index is 11.9. The van der Waals surface area contributed by atoms with Crippen molar-refractivity contribution in [3.05, 3.63) is 67.8 Å². The normalized spacial score (nSPS) is 10.5. The molecule has 0 heterocycles. The van der Waals surface area contributed by atoms with Gasteiger partial charge in [-0.1, -0.05) is 12.1 Å². The number of para-hydroxylation sites is 1. The number of hydrazone groups is 1. The number of nitrogens with one attached hydrogen (secondary N) is 2. The van der Waals surface area contributed by atoms with Crippen LogP contribution in [0.5, 0.6) is 0 Å². The van der Waals surface area contributed by atoms with Gasteiger partial charge in [-0.3, -0.25) is 19.7 Å². The summed E-state index contributed by atoms with van der Waals surface area (Å²) in [4.78, 5) is 33.6. The summed E-state index contributed by atoms with van der Waals surface area (Å²) >= 11 is 2.11. The average Bonchev–Trinajstić information content (AvgIpc) is 2.62. The van der Waals surface area contributed by atoms with Gasteiger partial charge in [-0.2, -0.15) is 5.10 Å². The summed E-state index contributed by atoms with van der Waals surface area (Å²) in [5.74, 6) is -0.662. The van der Waals surface area contributed by atoms with Gasteiger partial charge in [0.1, 0.15) is 0 Å². The number of rotatable bonds is 7. The zero-order valence-electron chi connectivity index (χ0n) is 13.5. The molecule has 134 valence electrons. The minimum Gasteiger partial charge on any atom is -0.325 e. The van der Waals surface area contributed by atoms with Crippen molar-refractivity contribution in [1.29, 1.82) is 0 Å². The predicted molar refractivity (Wildman–Crippen MR) is 106 cm³/mol. The fraction of sp³-hybridized carbons (Fsp3) is 0.118. The number of nitro benzene ring substituents is 1. The molecule has 0 spiro atoms. The fourth-order valence-electron chi connectivity index (χ4n) is 1.92. The van der Waals surface area contributed by atoms with Crippen molar-refractivity contribution in [3.63, 3.8) is 0 Å². The van der Waals surface area contributed by atoms with Crippen LogP contribution < -0.4 is 10.7 Å². The van der Waals surface area contributed by atoms with Gasteiger partial charge in [0, 0.05) is 28.5 Å². The lowest BCUT2D eigenvalue weighted by Gasteiger charge is -2.06.